The van der Waals surface area contributed by atoms with Gasteiger partial charge in [0.1, 0.15) is 18.8 Å². The highest BCUT2D eigenvalue weighted by Gasteiger charge is 2.28. The van der Waals surface area contributed by atoms with Crippen molar-refractivity contribution in [2.75, 3.05) is 12.4 Å². The zero-order valence-corrected chi connectivity index (χ0v) is 7.19. The molecule has 0 spiro atoms. The molecule has 3 atom stereocenters. The lowest BCUT2D eigenvalue weighted by molar-refractivity contribution is -0.140. The Balaban J connectivity index is 4.08. The third kappa shape index (κ3) is 3.08. The SMILES string of the molecule is O=C(CO)[C@@H](O)[C@H](O)[C@@H](O)CS. The van der Waals surface area contributed by atoms with Crippen molar-refractivity contribution in [1.82, 2.24) is 0 Å². The summed E-state index contributed by atoms with van der Waals surface area (Å²) in [6.45, 7) is -0.864. The van der Waals surface area contributed by atoms with E-state index in [0.29, 0.717) is 0 Å². The number of hydrogen-bond acceptors (Lipinski definition) is 6. The predicted octanol–water partition coefficient (Wildman–Crippen LogP) is -2.44. The summed E-state index contributed by atoms with van der Waals surface area (Å²) in [6.07, 6.45) is -4.63. The van der Waals surface area contributed by atoms with Crippen LogP contribution in [0, 0.1) is 0 Å². The molecule has 0 radical (unpaired) electrons. The topological polar surface area (TPSA) is 98.0 Å². The van der Waals surface area contributed by atoms with Crippen LogP contribution in [0.1, 0.15) is 0 Å². The molecule has 0 saturated carbocycles. The second-order valence-electron chi connectivity index (χ2n) is 2.31. The summed E-state index contributed by atoms with van der Waals surface area (Å²) in [5.41, 5.74) is 0. The molecule has 0 rings (SSSR count). The van der Waals surface area contributed by atoms with Crippen molar-refractivity contribution in [2.24, 2.45) is 0 Å². The summed E-state index contributed by atoms with van der Waals surface area (Å²) >= 11 is 3.65. The molecule has 72 valence electrons. The van der Waals surface area contributed by atoms with Gasteiger partial charge in [-0.2, -0.15) is 12.6 Å². The zero-order chi connectivity index (χ0) is 9.72. The van der Waals surface area contributed by atoms with Crippen molar-refractivity contribution in [1.29, 1.82) is 0 Å². The summed E-state index contributed by atoms with van der Waals surface area (Å²) in [6, 6.07) is 0. The Morgan fingerprint density at radius 3 is 2.17 bits per heavy atom. The molecule has 0 saturated heterocycles. The molecule has 0 bridgehead atoms. The Hall–Kier alpha value is -0.140. The molecule has 0 heterocycles. The van der Waals surface area contributed by atoms with Crippen LogP contribution in [-0.2, 0) is 4.79 Å². The number of carbonyl (C=O) groups excluding carboxylic acids is 1. The van der Waals surface area contributed by atoms with E-state index in [9.17, 15) is 4.79 Å². The van der Waals surface area contributed by atoms with Crippen LogP contribution >= 0.6 is 12.6 Å². The highest BCUT2D eigenvalue weighted by molar-refractivity contribution is 7.80. The normalized spacial score (nSPS) is 18.4. The molecule has 0 aliphatic heterocycles. The lowest BCUT2D eigenvalue weighted by Gasteiger charge is -2.19. The van der Waals surface area contributed by atoms with Gasteiger partial charge in [-0.05, 0) is 0 Å². The molecule has 0 aromatic heterocycles. The molecule has 6 heteroatoms. The number of aliphatic hydroxyl groups is 4. The van der Waals surface area contributed by atoms with Gasteiger partial charge in [0.2, 0.25) is 0 Å². The number of Topliss-reactive ketones (excluding diaryl/α,β-unsaturated/α-hetero) is 1. The third-order valence-corrected chi connectivity index (χ3v) is 1.76. The first kappa shape index (κ1) is 11.9. The second-order valence-corrected chi connectivity index (χ2v) is 2.67. The van der Waals surface area contributed by atoms with Crippen molar-refractivity contribution < 1.29 is 25.2 Å². The maximum absolute atomic E-state index is 10.6. The summed E-state index contributed by atoms with van der Waals surface area (Å²) in [4.78, 5) is 10.6. The largest absolute Gasteiger partial charge is 0.389 e. The van der Waals surface area contributed by atoms with Gasteiger partial charge in [0.15, 0.2) is 5.78 Å². The summed E-state index contributed by atoms with van der Waals surface area (Å²) in [5, 5.41) is 35.1. The minimum Gasteiger partial charge on any atom is -0.389 e. The zero-order valence-electron chi connectivity index (χ0n) is 6.29. The van der Waals surface area contributed by atoms with Crippen LogP contribution in [0.4, 0.5) is 0 Å². The van der Waals surface area contributed by atoms with Crippen LogP contribution < -0.4 is 0 Å². The number of thiol groups is 1. The molecule has 0 aliphatic rings. The fourth-order valence-electron chi connectivity index (χ4n) is 0.602. The maximum Gasteiger partial charge on any atom is 0.189 e. The maximum atomic E-state index is 10.6. The number of ketones is 1. The van der Waals surface area contributed by atoms with E-state index >= 15 is 0 Å². The molecule has 0 aliphatic carbocycles. The summed E-state index contributed by atoms with van der Waals surface area (Å²) in [5.74, 6) is -1.000. The van der Waals surface area contributed by atoms with Crippen molar-refractivity contribution in [3.8, 4) is 0 Å². The molecule has 0 aromatic carbocycles. The van der Waals surface area contributed by atoms with Crippen LogP contribution in [-0.4, -0.2) is 56.9 Å². The second kappa shape index (κ2) is 5.50. The van der Waals surface area contributed by atoms with Gasteiger partial charge in [0, 0.05) is 5.75 Å². The Labute approximate surface area is 75.1 Å². The molecule has 4 N–H and O–H groups in total. The highest BCUT2D eigenvalue weighted by Crippen LogP contribution is 2.02. The predicted molar refractivity (Wildman–Crippen MR) is 44.0 cm³/mol. The van der Waals surface area contributed by atoms with E-state index in [1.54, 1.807) is 0 Å². The molecule has 0 unspecified atom stereocenters. The first-order valence-corrected chi connectivity index (χ1v) is 3.96. The van der Waals surface area contributed by atoms with Crippen LogP contribution in [0.5, 0.6) is 0 Å². The van der Waals surface area contributed by atoms with Crippen molar-refractivity contribution in [2.45, 2.75) is 18.3 Å². The van der Waals surface area contributed by atoms with Crippen LogP contribution in [0.2, 0.25) is 0 Å². The van der Waals surface area contributed by atoms with Crippen LogP contribution in [0.25, 0.3) is 0 Å². The van der Waals surface area contributed by atoms with Gasteiger partial charge in [0.25, 0.3) is 0 Å². The third-order valence-electron chi connectivity index (χ3n) is 1.39. The quantitative estimate of drug-likeness (QED) is 0.315. The van der Waals surface area contributed by atoms with Gasteiger partial charge >= 0.3 is 0 Å². The van der Waals surface area contributed by atoms with Crippen LogP contribution in [0.15, 0.2) is 0 Å². The number of aliphatic hydroxyl groups excluding tert-OH is 4. The van der Waals surface area contributed by atoms with E-state index in [1.165, 1.54) is 0 Å². The van der Waals surface area contributed by atoms with E-state index in [0.717, 1.165) is 0 Å². The minimum absolute atomic E-state index is 0.0725. The molecule has 0 fully saturated rings. The van der Waals surface area contributed by atoms with Crippen molar-refractivity contribution in [3.63, 3.8) is 0 Å². The van der Waals surface area contributed by atoms with Gasteiger partial charge in [-0.15, -0.1) is 0 Å². The Kier molecular flexibility index (Phi) is 5.43. The van der Waals surface area contributed by atoms with E-state index < -0.39 is 30.7 Å². The molecular formula is C6H12O5S. The first-order valence-electron chi connectivity index (χ1n) is 3.33. The standard InChI is InChI=1S/C6H12O5S/c7-1-3(8)5(10)6(11)4(9)2-12/h4-7,9-12H,1-2H2/t4-,5+,6+/m0/s1. The molecule has 0 aromatic rings. The molecule has 0 amide bonds. The fraction of sp³-hybridized carbons (Fsp3) is 0.833. The van der Waals surface area contributed by atoms with Crippen molar-refractivity contribution in [3.05, 3.63) is 0 Å². The van der Waals surface area contributed by atoms with Gasteiger partial charge < -0.3 is 20.4 Å². The monoisotopic (exact) mass is 196 g/mol. The summed E-state index contributed by atoms with van der Waals surface area (Å²) in [7, 11) is 0. The number of rotatable bonds is 5. The smallest absolute Gasteiger partial charge is 0.189 e. The van der Waals surface area contributed by atoms with E-state index in [-0.39, 0.29) is 5.75 Å². The Morgan fingerprint density at radius 2 is 1.83 bits per heavy atom. The van der Waals surface area contributed by atoms with Gasteiger partial charge in [0.05, 0.1) is 6.10 Å². The molecule has 12 heavy (non-hydrogen) atoms. The average Bonchev–Trinajstić information content (AvgIpc) is 2.12. The Morgan fingerprint density at radius 1 is 1.33 bits per heavy atom. The van der Waals surface area contributed by atoms with E-state index in [2.05, 4.69) is 12.6 Å². The van der Waals surface area contributed by atoms with E-state index in [1.807, 2.05) is 0 Å². The lowest BCUT2D eigenvalue weighted by atomic mass is 10.1. The fourth-order valence-corrected chi connectivity index (χ4v) is 0.818. The van der Waals surface area contributed by atoms with E-state index in [4.69, 9.17) is 20.4 Å². The van der Waals surface area contributed by atoms with Gasteiger partial charge in [-0.1, -0.05) is 0 Å². The van der Waals surface area contributed by atoms with Crippen LogP contribution in [0.3, 0.4) is 0 Å². The van der Waals surface area contributed by atoms with Gasteiger partial charge in [-0.25, -0.2) is 0 Å². The van der Waals surface area contributed by atoms with Crippen molar-refractivity contribution >= 4 is 18.4 Å². The molecule has 5 nitrogen and oxygen atoms in total. The number of carbonyl (C=O) groups is 1. The lowest BCUT2D eigenvalue weighted by Crippen LogP contribution is -2.44. The summed E-state index contributed by atoms with van der Waals surface area (Å²) < 4.78 is 0. The number of hydrogen-bond donors (Lipinski definition) is 5. The minimum atomic E-state index is -1.75. The average molecular weight is 196 g/mol. The molecular weight excluding hydrogens is 184 g/mol. The van der Waals surface area contributed by atoms with Gasteiger partial charge in [-0.3, -0.25) is 4.79 Å². The highest BCUT2D eigenvalue weighted by atomic mass is 32.1. The first-order chi connectivity index (χ1) is 5.54. The Bertz CT molecular complexity index is 151.